The summed E-state index contributed by atoms with van der Waals surface area (Å²) in [6.45, 7) is 9.36. The highest BCUT2D eigenvalue weighted by Crippen LogP contribution is 2.41. The molecule has 7 nitrogen and oxygen atoms in total. The molecular formula is C35H47N3O4. The Hall–Kier alpha value is -3.03. The van der Waals surface area contributed by atoms with Gasteiger partial charge in [-0.05, 0) is 77.1 Å². The van der Waals surface area contributed by atoms with Gasteiger partial charge in [0.1, 0.15) is 11.1 Å². The van der Waals surface area contributed by atoms with Gasteiger partial charge < -0.3 is 14.5 Å². The van der Waals surface area contributed by atoms with E-state index < -0.39 is 11.1 Å². The summed E-state index contributed by atoms with van der Waals surface area (Å²) in [5.74, 6) is 0.0924. The van der Waals surface area contributed by atoms with E-state index in [2.05, 4.69) is 9.80 Å². The van der Waals surface area contributed by atoms with Crippen LogP contribution in [0, 0.1) is 0 Å². The number of ketones is 1. The van der Waals surface area contributed by atoms with Crippen LogP contribution in [0.5, 0.6) is 0 Å². The number of carbonyl (C=O) groups excluding carboxylic acids is 3. The number of benzene rings is 2. The van der Waals surface area contributed by atoms with Crippen LogP contribution in [0.3, 0.4) is 0 Å². The number of ether oxygens (including phenoxy) is 1. The van der Waals surface area contributed by atoms with Gasteiger partial charge in [0.05, 0.1) is 12.2 Å². The Morgan fingerprint density at radius 2 is 1.62 bits per heavy atom. The molecule has 226 valence electrons. The van der Waals surface area contributed by atoms with Crippen molar-refractivity contribution >= 4 is 17.7 Å². The molecule has 2 saturated heterocycles. The lowest BCUT2D eigenvalue weighted by Gasteiger charge is -2.46. The first-order valence-corrected chi connectivity index (χ1v) is 15.8. The summed E-state index contributed by atoms with van der Waals surface area (Å²) in [7, 11) is 0. The second kappa shape index (κ2) is 13.1. The first-order valence-electron chi connectivity index (χ1n) is 15.8. The minimum Gasteiger partial charge on any atom is -0.456 e. The smallest absolute Gasteiger partial charge is 0.338 e. The van der Waals surface area contributed by atoms with Crippen LogP contribution in [0.2, 0.25) is 0 Å². The highest BCUT2D eigenvalue weighted by Gasteiger charge is 2.55. The summed E-state index contributed by atoms with van der Waals surface area (Å²) in [6.07, 6.45) is 9.07. The van der Waals surface area contributed by atoms with Crippen molar-refractivity contribution in [3.63, 3.8) is 0 Å². The predicted octanol–water partition coefficient (Wildman–Crippen LogP) is 6.07. The van der Waals surface area contributed by atoms with Crippen molar-refractivity contribution in [2.24, 2.45) is 0 Å². The average molecular weight is 574 g/mol. The van der Waals surface area contributed by atoms with E-state index in [-0.39, 0.29) is 17.7 Å². The zero-order valence-electron chi connectivity index (χ0n) is 25.6. The van der Waals surface area contributed by atoms with Crippen LogP contribution >= 0.6 is 0 Å². The van der Waals surface area contributed by atoms with Crippen LogP contribution in [0.4, 0.5) is 0 Å². The molecule has 0 aromatic heterocycles. The second-order valence-corrected chi connectivity index (χ2v) is 13.4. The van der Waals surface area contributed by atoms with Gasteiger partial charge in [0.2, 0.25) is 5.91 Å². The fourth-order valence-electron chi connectivity index (χ4n) is 7.01. The first kappa shape index (κ1) is 30.4. The Morgan fingerprint density at radius 1 is 0.929 bits per heavy atom. The van der Waals surface area contributed by atoms with E-state index in [4.69, 9.17) is 4.74 Å². The number of Topliss-reactive ketones (excluding diaryl/α,β-unsaturated/α-hetero) is 1. The molecule has 5 rings (SSSR count). The van der Waals surface area contributed by atoms with Crippen LogP contribution in [-0.4, -0.2) is 75.8 Å². The molecule has 0 atom stereocenters. The molecule has 1 aliphatic carbocycles. The van der Waals surface area contributed by atoms with Crippen molar-refractivity contribution in [1.29, 1.82) is 0 Å². The van der Waals surface area contributed by atoms with Gasteiger partial charge in [-0.15, -0.1) is 0 Å². The van der Waals surface area contributed by atoms with Gasteiger partial charge in [-0.25, -0.2) is 4.79 Å². The van der Waals surface area contributed by atoms with Crippen LogP contribution in [0.1, 0.15) is 105 Å². The SMILES string of the molecule is CC(C)(C)OC(=O)c1cccc(CN2CN(C3CCCCC3)C3(CCN(CCCC(=O)c4ccccc4)CC3)C2=O)c1. The lowest BCUT2D eigenvalue weighted by molar-refractivity contribution is -0.137. The highest BCUT2D eigenvalue weighted by atomic mass is 16.6. The van der Waals surface area contributed by atoms with Gasteiger partial charge in [0.25, 0.3) is 0 Å². The standard InChI is InChI=1S/C35H47N3O4/c1-34(2,3)42-32(40)29-15-10-12-27(24-29)25-37-26-38(30-16-8-5-9-17-30)35(33(37)41)19-22-36(23-20-35)21-11-18-31(39)28-13-6-4-7-14-28/h4,6-7,10,12-15,24,30H,5,8-9,11,16-23,25-26H2,1-3H3. The van der Waals surface area contributed by atoms with Crippen molar-refractivity contribution in [2.75, 3.05) is 26.3 Å². The van der Waals surface area contributed by atoms with Crippen LogP contribution in [0.15, 0.2) is 54.6 Å². The Bertz CT molecular complexity index is 1240. The molecule has 0 radical (unpaired) electrons. The topological polar surface area (TPSA) is 70.2 Å². The van der Waals surface area contributed by atoms with E-state index in [9.17, 15) is 14.4 Å². The van der Waals surface area contributed by atoms with Crippen molar-refractivity contribution in [3.05, 3.63) is 71.3 Å². The molecule has 1 saturated carbocycles. The molecule has 7 heteroatoms. The van der Waals surface area contributed by atoms with E-state index in [1.165, 1.54) is 19.3 Å². The van der Waals surface area contributed by atoms with E-state index in [1.807, 2.05) is 74.2 Å². The first-order chi connectivity index (χ1) is 20.1. The number of likely N-dealkylation sites (tertiary alicyclic amines) is 1. The van der Waals surface area contributed by atoms with Crippen LogP contribution < -0.4 is 0 Å². The number of hydrogen-bond acceptors (Lipinski definition) is 6. The molecule has 0 N–H and O–H groups in total. The Labute approximate surface area is 251 Å². The number of piperidine rings is 1. The zero-order chi connectivity index (χ0) is 29.7. The van der Waals surface area contributed by atoms with E-state index >= 15 is 0 Å². The molecular weight excluding hydrogens is 526 g/mol. The lowest BCUT2D eigenvalue weighted by Crippen LogP contribution is -2.59. The largest absolute Gasteiger partial charge is 0.456 e. The summed E-state index contributed by atoms with van der Waals surface area (Å²) >= 11 is 0. The molecule has 3 fully saturated rings. The molecule has 1 amide bonds. The molecule has 3 aliphatic rings. The number of amides is 1. The lowest BCUT2D eigenvalue weighted by atomic mass is 9.82. The van der Waals surface area contributed by atoms with Gasteiger partial charge in [0, 0.05) is 37.7 Å². The fourth-order valence-corrected chi connectivity index (χ4v) is 7.01. The molecule has 0 unspecified atom stereocenters. The van der Waals surface area contributed by atoms with Crippen LogP contribution in [0.25, 0.3) is 0 Å². The summed E-state index contributed by atoms with van der Waals surface area (Å²) < 4.78 is 5.58. The summed E-state index contributed by atoms with van der Waals surface area (Å²) in [6, 6.07) is 17.5. The molecule has 2 heterocycles. The molecule has 2 aromatic rings. The molecule has 0 bridgehead atoms. The number of esters is 1. The van der Waals surface area contributed by atoms with E-state index in [0.29, 0.717) is 31.2 Å². The van der Waals surface area contributed by atoms with Crippen molar-refractivity contribution in [2.45, 2.75) is 102 Å². The van der Waals surface area contributed by atoms with Gasteiger partial charge in [-0.3, -0.25) is 14.5 Å². The van der Waals surface area contributed by atoms with E-state index in [1.54, 1.807) is 6.07 Å². The number of carbonyl (C=O) groups is 3. The Morgan fingerprint density at radius 3 is 2.31 bits per heavy atom. The zero-order valence-corrected chi connectivity index (χ0v) is 25.6. The number of hydrogen-bond donors (Lipinski definition) is 0. The normalized spacial score (nSPS) is 20.3. The third kappa shape index (κ3) is 7.12. The monoisotopic (exact) mass is 573 g/mol. The maximum atomic E-state index is 14.2. The summed E-state index contributed by atoms with van der Waals surface area (Å²) in [5.41, 5.74) is 1.24. The maximum absolute atomic E-state index is 14.2. The van der Waals surface area contributed by atoms with Crippen molar-refractivity contribution < 1.29 is 19.1 Å². The van der Waals surface area contributed by atoms with E-state index in [0.717, 1.165) is 62.9 Å². The van der Waals surface area contributed by atoms with Crippen molar-refractivity contribution in [3.8, 4) is 0 Å². The molecule has 2 aliphatic heterocycles. The Kier molecular flexibility index (Phi) is 9.48. The minimum absolute atomic E-state index is 0.199. The minimum atomic E-state index is -0.558. The van der Waals surface area contributed by atoms with Gasteiger partial charge in [-0.1, -0.05) is 61.7 Å². The van der Waals surface area contributed by atoms with Gasteiger partial charge >= 0.3 is 5.97 Å². The number of rotatable bonds is 9. The second-order valence-electron chi connectivity index (χ2n) is 13.4. The fraction of sp³-hybridized carbons (Fsp3) is 0.571. The Balaban J connectivity index is 1.24. The third-order valence-corrected chi connectivity index (χ3v) is 9.17. The highest BCUT2D eigenvalue weighted by molar-refractivity contribution is 5.96. The van der Waals surface area contributed by atoms with Crippen LogP contribution in [-0.2, 0) is 16.1 Å². The predicted molar refractivity (Wildman–Crippen MR) is 164 cm³/mol. The summed E-state index contributed by atoms with van der Waals surface area (Å²) in [5, 5.41) is 0. The molecule has 1 spiro atoms. The van der Waals surface area contributed by atoms with Crippen molar-refractivity contribution in [1.82, 2.24) is 14.7 Å². The molecule has 2 aromatic carbocycles. The van der Waals surface area contributed by atoms with Gasteiger partial charge in [0.15, 0.2) is 5.78 Å². The number of nitrogens with zero attached hydrogens (tertiary/aromatic N) is 3. The average Bonchev–Trinajstić information content (AvgIpc) is 3.24. The third-order valence-electron chi connectivity index (χ3n) is 9.17. The quantitative estimate of drug-likeness (QED) is 0.268. The summed E-state index contributed by atoms with van der Waals surface area (Å²) in [4.78, 5) is 46.5. The van der Waals surface area contributed by atoms with Gasteiger partial charge in [-0.2, -0.15) is 0 Å². The molecule has 42 heavy (non-hydrogen) atoms. The maximum Gasteiger partial charge on any atom is 0.338 e.